The van der Waals surface area contributed by atoms with Gasteiger partial charge in [0.2, 0.25) is 0 Å². The average molecular weight is 754 g/mol. The van der Waals surface area contributed by atoms with Crippen LogP contribution in [0.3, 0.4) is 0 Å². The van der Waals surface area contributed by atoms with Gasteiger partial charge in [-0.2, -0.15) is 0 Å². The van der Waals surface area contributed by atoms with Gasteiger partial charge in [-0.1, -0.05) is 170 Å². The van der Waals surface area contributed by atoms with Gasteiger partial charge in [0.05, 0.1) is 16.1 Å². The molecular weight excluding hydrogens is 719 g/mol. The first-order valence-corrected chi connectivity index (χ1v) is 20.7. The van der Waals surface area contributed by atoms with Gasteiger partial charge in [0.15, 0.2) is 0 Å². The van der Waals surface area contributed by atoms with Gasteiger partial charge in [0, 0.05) is 26.5 Å². The Labute approximate surface area is 340 Å². The lowest BCUT2D eigenvalue weighted by atomic mass is 9.91. The summed E-state index contributed by atoms with van der Waals surface area (Å²) >= 11 is 1.89. The van der Waals surface area contributed by atoms with Gasteiger partial charge in [-0.25, -0.2) is 0 Å². The molecule has 0 saturated carbocycles. The third-order valence-electron chi connectivity index (χ3n) is 12.0. The molecule has 270 valence electrons. The van der Waals surface area contributed by atoms with Crippen molar-refractivity contribution in [2.24, 2.45) is 0 Å². The van der Waals surface area contributed by atoms with E-state index in [0.717, 1.165) is 11.4 Å². The summed E-state index contributed by atoms with van der Waals surface area (Å²) in [5, 5.41) is 15.1. The molecule has 0 N–H and O–H groups in total. The summed E-state index contributed by atoms with van der Waals surface area (Å²) in [5.74, 6) is 0. The summed E-state index contributed by atoms with van der Waals surface area (Å²) < 4.78 is 2.57. The Morgan fingerprint density at radius 3 is 1.76 bits per heavy atom. The van der Waals surface area contributed by atoms with Crippen LogP contribution in [0.5, 0.6) is 0 Å². The minimum absolute atomic E-state index is 1.11. The average Bonchev–Trinajstić information content (AvgIpc) is 3.66. The number of nitrogens with zero attached hydrogens (tertiary/aromatic N) is 1. The van der Waals surface area contributed by atoms with E-state index in [1.807, 2.05) is 11.3 Å². The van der Waals surface area contributed by atoms with Crippen LogP contribution in [-0.4, -0.2) is 0 Å². The summed E-state index contributed by atoms with van der Waals surface area (Å²) in [6.45, 7) is 0. The predicted molar refractivity (Wildman–Crippen MR) is 252 cm³/mol. The van der Waals surface area contributed by atoms with Crippen LogP contribution in [-0.2, 0) is 0 Å². The molecule has 0 saturated heterocycles. The highest BCUT2D eigenvalue weighted by atomic mass is 32.1. The minimum atomic E-state index is 1.11. The van der Waals surface area contributed by atoms with Gasteiger partial charge in [-0.05, 0) is 113 Å². The number of anilines is 3. The fraction of sp³-hybridized carbons (Fsp3) is 0. The molecule has 2 heteroatoms. The van der Waals surface area contributed by atoms with Crippen LogP contribution >= 0.6 is 11.3 Å². The second kappa shape index (κ2) is 13.2. The predicted octanol–water partition coefficient (Wildman–Crippen LogP) is 16.6. The maximum atomic E-state index is 2.54. The molecule has 12 aromatic rings. The molecule has 1 heterocycles. The van der Waals surface area contributed by atoms with Crippen LogP contribution < -0.4 is 4.90 Å². The molecule has 0 spiro atoms. The van der Waals surface area contributed by atoms with Crippen molar-refractivity contribution in [1.82, 2.24) is 0 Å². The number of fused-ring (bicyclic) bond motifs is 10. The van der Waals surface area contributed by atoms with Crippen molar-refractivity contribution >= 4 is 102 Å². The first-order chi connectivity index (χ1) is 28.7. The van der Waals surface area contributed by atoms with Crippen molar-refractivity contribution in [1.29, 1.82) is 0 Å². The van der Waals surface area contributed by atoms with Crippen molar-refractivity contribution in [3.63, 3.8) is 0 Å². The second-order valence-corrected chi connectivity index (χ2v) is 16.3. The van der Waals surface area contributed by atoms with Crippen LogP contribution in [0.25, 0.3) is 96.3 Å². The highest BCUT2D eigenvalue weighted by molar-refractivity contribution is 7.26. The highest BCUT2D eigenvalue weighted by Crippen LogP contribution is 2.50. The third kappa shape index (κ3) is 5.23. The summed E-state index contributed by atoms with van der Waals surface area (Å²) in [6, 6.07) is 78.5. The van der Waals surface area contributed by atoms with Crippen LogP contribution in [0.4, 0.5) is 17.1 Å². The van der Waals surface area contributed by atoms with E-state index in [1.165, 1.54) is 102 Å². The lowest BCUT2D eigenvalue weighted by Gasteiger charge is -2.29. The maximum Gasteiger partial charge on any atom is 0.0640 e. The molecule has 12 rings (SSSR count). The zero-order chi connectivity index (χ0) is 38.2. The number of hydrogen-bond acceptors (Lipinski definition) is 2. The second-order valence-electron chi connectivity index (χ2n) is 15.3. The SMILES string of the molecule is c1ccc(-c2cc(N(c3cc4ccccc4c4c3ccc3ccccc34)c3cccc4c3sc3cc5ccccc5cc34)ccc2-c2ccc3ccccc3c2)cc1. The molecule has 0 unspecified atom stereocenters. The zero-order valence-corrected chi connectivity index (χ0v) is 32.4. The van der Waals surface area contributed by atoms with Crippen molar-refractivity contribution < 1.29 is 0 Å². The summed E-state index contributed by atoms with van der Waals surface area (Å²) in [7, 11) is 0. The molecule has 0 bridgehead atoms. The molecule has 0 radical (unpaired) electrons. The van der Waals surface area contributed by atoms with Gasteiger partial charge in [-0.3, -0.25) is 0 Å². The van der Waals surface area contributed by atoms with E-state index in [0.29, 0.717) is 0 Å². The Morgan fingerprint density at radius 1 is 0.310 bits per heavy atom. The van der Waals surface area contributed by atoms with Crippen LogP contribution in [0.1, 0.15) is 0 Å². The molecule has 0 atom stereocenters. The van der Waals surface area contributed by atoms with E-state index >= 15 is 0 Å². The number of thiophene rings is 1. The van der Waals surface area contributed by atoms with Crippen molar-refractivity contribution in [3.8, 4) is 22.3 Å². The van der Waals surface area contributed by atoms with E-state index in [4.69, 9.17) is 0 Å². The standard InChI is InChI=1S/C56H35NS/c1-2-14-37(15-3-1)50-35-44(28-30-45(50)43-26-25-36-13-4-5-17-39(36)31-43)57(52-24-12-23-48-51-32-40-18-6-7-19-41(40)34-54(51)58-56(48)52)53-33-42-20-9-11-22-47(42)55-46-21-10-8-16-38(46)27-29-49(53)55/h1-35H. The van der Waals surface area contributed by atoms with E-state index in [2.05, 4.69) is 217 Å². The fourth-order valence-electron chi connectivity index (χ4n) is 9.22. The quantitative estimate of drug-likeness (QED) is 0.158. The molecule has 0 fully saturated rings. The molecule has 58 heavy (non-hydrogen) atoms. The summed E-state index contributed by atoms with van der Waals surface area (Å²) in [4.78, 5) is 2.54. The topological polar surface area (TPSA) is 3.24 Å². The smallest absolute Gasteiger partial charge is 0.0640 e. The normalized spacial score (nSPS) is 11.8. The molecule has 1 aromatic heterocycles. The first kappa shape index (κ1) is 32.9. The molecule has 1 nitrogen and oxygen atoms in total. The van der Waals surface area contributed by atoms with Crippen molar-refractivity contribution in [3.05, 3.63) is 212 Å². The fourth-order valence-corrected chi connectivity index (χ4v) is 10.5. The Morgan fingerprint density at radius 2 is 0.948 bits per heavy atom. The first-order valence-electron chi connectivity index (χ1n) is 19.9. The molecule has 0 aliphatic carbocycles. The molecule has 0 amide bonds. The molecular formula is C56H35NS. The Kier molecular flexibility index (Phi) is 7.47. The summed E-state index contributed by atoms with van der Waals surface area (Å²) in [5.41, 5.74) is 8.25. The molecule has 0 aliphatic heterocycles. The van der Waals surface area contributed by atoms with Gasteiger partial charge < -0.3 is 4.90 Å². The maximum absolute atomic E-state index is 2.54. The summed E-state index contributed by atoms with van der Waals surface area (Å²) in [6.07, 6.45) is 0. The van der Waals surface area contributed by atoms with E-state index in [1.54, 1.807) is 0 Å². The molecule has 0 aliphatic rings. The lowest BCUT2D eigenvalue weighted by molar-refractivity contribution is 1.32. The van der Waals surface area contributed by atoms with Crippen molar-refractivity contribution in [2.75, 3.05) is 4.90 Å². The van der Waals surface area contributed by atoms with E-state index in [9.17, 15) is 0 Å². The van der Waals surface area contributed by atoms with Crippen LogP contribution in [0.15, 0.2) is 212 Å². The van der Waals surface area contributed by atoms with E-state index < -0.39 is 0 Å². The van der Waals surface area contributed by atoms with Gasteiger partial charge in [-0.15, -0.1) is 11.3 Å². The Bertz CT molecular complexity index is 3560. The largest absolute Gasteiger partial charge is 0.308 e. The highest BCUT2D eigenvalue weighted by Gasteiger charge is 2.23. The Balaban J connectivity index is 1.19. The van der Waals surface area contributed by atoms with Crippen molar-refractivity contribution in [2.45, 2.75) is 0 Å². The number of hydrogen-bond donors (Lipinski definition) is 0. The monoisotopic (exact) mass is 753 g/mol. The van der Waals surface area contributed by atoms with Crippen LogP contribution in [0, 0.1) is 0 Å². The lowest BCUT2D eigenvalue weighted by Crippen LogP contribution is -2.11. The number of benzene rings is 11. The third-order valence-corrected chi connectivity index (χ3v) is 13.2. The zero-order valence-electron chi connectivity index (χ0n) is 31.6. The van der Waals surface area contributed by atoms with Gasteiger partial charge in [0.1, 0.15) is 0 Å². The number of rotatable bonds is 5. The minimum Gasteiger partial charge on any atom is -0.308 e. The molecule has 11 aromatic carbocycles. The van der Waals surface area contributed by atoms with Gasteiger partial charge >= 0.3 is 0 Å². The van der Waals surface area contributed by atoms with Gasteiger partial charge in [0.25, 0.3) is 0 Å². The van der Waals surface area contributed by atoms with E-state index in [-0.39, 0.29) is 0 Å². The van der Waals surface area contributed by atoms with Crippen LogP contribution in [0.2, 0.25) is 0 Å². The Hall–Kier alpha value is -7.26.